The summed E-state index contributed by atoms with van der Waals surface area (Å²) in [5, 5.41) is 0.859. The summed E-state index contributed by atoms with van der Waals surface area (Å²) in [6.45, 7) is 0. The van der Waals surface area contributed by atoms with Crippen LogP contribution in [0.4, 0.5) is 5.69 Å². The second kappa shape index (κ2) is 6.34. The van der Waals surface area contributed by atoms with E-state index in [0.29, 0.717) is 22.7 Å². The van der Waals surface area contributed by atoms with Gasteiger partial charge in [-0.2, -0.15) is 0 Å². The van der Waals surface area contributed by atoms with E-state index >= 15 is 0 Å². The molecule has 0 unspecified atom stereocenters. The van der Waals surface area contributed by atoms with Gasteiger partial charge >= 0.3 is 0 Å². The van der Waals surface area contributed by atoms with E-state index in [0.717, 1.165) is 21.2 Å². The smallest absolute Gasteiger partial charge is 0.294 e. The van der Waals surface area contributed by atoms with Crippen LogP contribution in [0.5, 0.6) is 0 Å². The van der Waals surface area contributed by atoms with Crippen LogP contribution in [0.25, 0.3) is 22.1 Å². The van der Waals surface area contributed by atoms with Crippen molar-refractivity contribution in [2.45, 2.75) is 11.5 Å². The molecule has 7 heteroatoms. The zero-order valence-corrected chi connectivity index (χ0v) is 15.2. The summed E-state index contributed by atoms with van der Waals surface area (Å²) in [6.07, 6.45) is 0. The lowest BCUT2D eigenvalue weighted by atomic mass is 10.2. The molecule has 0 aliphatic carbocycles. The molecule has 0 amide bonds. The summed E-state index contributed by atoms with van der Waals surface area (Å²) in [5.41, 5.74) is 3.59. The van der Waals surface area contributed by atoms with E-state index in [-0.39, 0.29) is 11.1 Å². The number of hydrogen-bond acceptors (Lipinski definition) is 6. The lowest BCUT2D eigenvalue weighted by Crippen LogP contribution is -2.10. The molecule has 0 saturated heterocycles. The van der Waals surface area contributed by atoms with Crippen molar-refractivity contribution in [1.29, 1.82) is 0 Å². The maximum absolute atomic E-state index is 12.3. The largest absolute Gasteiger partial charge is 0.449 e. The zero-order chi connectivity index (χ0) is 17.5. The Morgan fingerprint density at radius 1 is 1.15 bits per heavy atom. The second-order valence-corrected chi connectivity index (χ2v) is 8.06. The van der Waals surface area contributed by atoms with Crippen molar-refractivity contribution in [2.75, 3.05) is 0 Å². The predicted octanol–water partition coefficient (Wildman–Crippen LogP) is 4.84. The van der Waals surface area contributed by atoms with Crippen molar-refractivity contribution >= 4 is 55.7 Å². The Morgan fingerprint density at radius 3 is 2.96 bits per heavy atom. The fraction of sp³-hybridized carbons (Fsp3) is 0.105. The van der Waals surface area contributed by atoms with Crippen molar-refractivity contribution in [3.05, 3.63) is 70.3 Å². The molecular weight excluding hydrogens is 366 g/mol. The first-order valence-corrected chi connectivity index (χ1v) is 10.1. The highest BCUT2D eigenvalue weighted by Crippen LogP contribution is 2.35. The van der Waals surface area contributed by atoms with Crippen LogP contribution in [-0.4, -0.2) is 14.3 Å². The van der Waals surface area contributed by atoms with Crippen LogP contribution in [0.15, 0.2) is 62.7 Å². The summed E-state index contributed by atoms with van der Waals surface area (Å²) in [6, 6.07) is 15.7. The average Bonchev–Trinajstić information content (AvgIpc) is 3.06. The number of thioether (sulfide) groups is 2. The Hall–Kier alpha value is -2.51. The zero-order valence-electron chi connectivity index (χ0n) is 13.6. The fourth-order valence-electron chi connectivity index (χ4n) is 2.93. The molecule has 2 aromatic carbocycles. The molecule has 1 aliphatic rings. The summed E-state index contributed by atoms with van der Waals surface area (Å²) in [4.78, 5) is 24.5. The number of hydrogen-bond donors (Lipinski definition) is 1. The number of benzene rings is 2. The van der Waals surface area contributed by atoms with Crippen molar-refractivity contribution in [3.63, 3.8) is 0 Å². The molecule has 26 heavy (non-hydrogen) atoms. The highest BCUT2D eigenvalue weighted by Gasteiger charge is 2.15. The minimum Gasteiger partial charge on any atom is -0.449 e. The Morgan fingerprint density at radius 2 is 2.00 bits per heavy atom. The number of nitrogens with one attached hydrogen (secondary N) is 1. The van der Waals surface area contributed by atoms with Gasteiger partial charge in [0, 0.05) is 11.1 Å². The summed E-state index contributed by atoms with van der Waals surface area (Å²) < 4.78 is 6.62. The summed E-state index contributed by atoms with van der Waals surface area (Å²) >= 11 is 3.30. The molecule has 0 bridgehead atoms. The monoisotopic (exact) mass is 379 g/mol. The standard InChI is InChI=1S/C19H13N3O2S2/c23-18-17-16(12-6-2-4-8-14(12)24-17)21-15(22-18)10-26-19-20-13-7-3-1-5-11(13)9-25-19/h1-8H,9-10H2,(H,21,22,23). The van der Waals surface area contributed by atoms with E-state index in [1.54, 1.807) is 23.5 Å². The number of fused-ring (bicyclic) bond motifs is 4. The third-order valence-corrected chi connectivity index (χ3v) is 6.42. The minimum absolute atomic E-state index is 0.245. The van der Waals surface area contributed by atoms with Crippen molar-refractivity contribution in [1.82, 2.24) is 9.97 Å². The van der Waals surface area contributed by atoms with Gasteiger partial charge in [0.25, 0.3) is 5.56 Å². The molecule has 5 rings (SSSR count). The van der Waals surface area contributed by atoms with Crippen LogP contribution < -0.4 is 5.56 Å². The van der Waals surface area contributed by atoms with Crippen molar-refractivity contribution in [2.24, 2.45) is 4.99 Å². The number of aromatic nitrogens is 2. The maximum atomic E-state index is 12.3. The number of aromatic amines is 1. The normalized spacial score (nSPS) is 13.8. The van der Waals surface area contributed by atoms with Crippen LogP contribution in [0.3, 0.4) is 0 Å². The third-order valence-electron chi connectivity index (χ3n) is 4.17. The molecule has 0 spiro atoms. The Kier molecular flexibility index (Phi) is 3.83. The topological polar surface area (TPSA) is 71.2 Å². The summed E-state index contributed by atoms with van der Waals surface area (Å²) in [7, 11) is 0. The van der Waals surface area contributed by atoms with E-state index in [4.69, 9.17) is 4.42 Å². The predicted molar refractivity (Wildman–Crippen MR) is 108 cm³/mol. The number of para-hydroxylation sites is 2. The fourth-order valence-corrected chi connectivity index (χ4v) is 4.86. The van der Waals surface area contributed by atoms with Crippen LogP contribution >= 0.6 is 23.5 Å². The van der Waals surface area contributed by atoms with Gasteiger partial charge in [0.15, 0.2) is 0 Å². The first-order chi connectivity index (χ1) is 12.8. The average molecular weight is 379 g/mol. The lowest BCUT2D eigenvalue weighted by molar-refractivity contribution is 0.660. The van der Waals surface area contributed by atoms with Crippen LogP contribution in [-0.2, 0) is 11.5 Å². The van der Waals surface area contributed by atoms with Crippen LogP contribution in [0.2, 0.25) is 0 Å². The molecule has 0 atom stereocenters. The minimum atomic E-state index is -0.245. The van der Waals surface area contributed by atoms with Gasteiger partial charge in [-0.05, 0) is 23.8 Å². The SMILES string of the molecule is O=c1[nH]c(CSC2=Nc3ccccc3CS2)nc2c1oc1ccccc12. The van der Waals surface area contributed by atoms with E-state index in [2.05, 4.69) is 21.0 Å². The lowest BCUT2D eigenvalue weighted by Gasteiger charge is -2.13. The van der Waals surface area contributed by atoms with Crippen LogP contribution in [0, 0.1) is 0 Å². The molecule has 2 aromatic heterocycles. The molecule has 5 nitrogen and oxygen atoms in total. The third kappa shape index (κ3) is 2.73. The van der Waals surface area contributed by atoms with Gasteiger partial charge in [0.1, 0.15) is 21.3 Å². The summed E-state index contributed by atoms with van der Waals surface area (Å²) in [5.74, 6) is 2.09. The quantitative estimate of drug-likeness (QED) is 0.540. The van der Waals surface area contributed by atoms with Crippen molar-refractivity contribution in [3.8, 4) is 0 Å². The number of nitrogens with zero attached hydrogens (tertiary/aromatic N) is 2. The van der Waals surface area contributed by atoms with Gasteiger partial charge < -0.3 is 9.40 Å². The number of aliphatic imine (C=N–C) groups is 1. The molecule has 1 N–H and O–H groups in total. The molecule has 0 radical (unpaired) electrons. The van der Waals surface area contributed by atoms with Gasteiger partial charge in [0.05, 0.1) is 11.4 Å². The number of H-pyrrole nitrogens is 1. The van der Waals surface area contributed by atoms with E-state index in [1.807, 2.05) is 42.5 Å². The van der Waals surface area contributed by atoms with E-state index in [9.17, 15) is 4.79 Å². The second-order valence-electron chi connectivity index (χ2n) is 5.87. The first-order valence-electron chi connectivity index (χ1n) is 8.10. The van der Waals surface area contributed by atoms with E-state index in [1.165, 1.54) is 5.56 Å². The molecule has 128 valence electrons. The Labute approximate surface area is 156 Å². The Bertz CT molecular complexity index is 1230. The van der Waals surface area contributed by atoms with Gasteiger partial charge in [-0.15, -0.1) is 0 Å². The molecule has 1 aliphatic heterocycles. The molecule has 0 saturated carbocycles. The molecule has 3 heterocycles. The number of furan rings is 1. The van der Waals surface area contributed by atoms with Gasteiger partial charge in [0.2, 0.25) is 5.58 Å². The van der Waals surface area contributed by atoms with Gasteiger partial charge in [-0.1, -0.05) is 53.9 Å². The van der Waals surface area contributed by atoms with Crippen LogP contribution in [0.1, 0.15) is 11.4 Å². The molecule has 4 aromatic rings. The van der Waals surface area contributed by atoms with E-state index < -0.39 is 0 Å². The highest BCUT2D eigenvalue weighted by atomic mass is 32.2. The maximum Gasteiger partial charge on any atom is 0.294 e. The van der Waals surface area contributed by atoms with Gasteiger partial charge in [-0.3, -0.25) is 4.79 Å². The Balaban J connectivity index is 1.46. The molecule has 0 fully saturated rings. The highest BCUT2D eigenvalue weighted by molar-refractivity contribution is 8.38. The first kappa shape index (κ1) is 15.7. The van der Waals surface area contributed by atoms with Gasteiger partial charge in [-0.25, -0.2) is 9.98 Å². The van der Waals surface area contributed by atoms with Crippen molar-refractivity contribution < 1.29 is 4.42 Å². The molecular formula is C19H13N3O2S2. The number of rotatable bonds is 2.